The van der Waals surface area contributed by atoms with Gasteiger partial charge in [-0.25, -0.2) is 4.39 Å². The van der Waals surface area contributed by atoms with Gasteiger partial charge in [0, 0.05) is 0 Å². The van der Waals surface area contributed by atoms with Crippen molar-refractivity contribution in [2.45, 2.75) is 25.7 Å². The summed E-state index contributed by atoms with van der Waals surface area (Å²) in [6, 6.07) is 4.13. The molecule has 0 saturated carbocycles. The van der Waals surface area contributed by atoms with Gasteiger partial charge in [-0.05, 0) is 30.0 Å². The van der Waals surface area contributed by atoms with Crippen molar-refractivity contribution in [2.75, 3.05) is 7.11 Å². The molecule has 0 unspecified atom stereocenters. The lowest BCUT2D eigenvalue weighted by molar-refractivity contribution is -0.141. The number of hydrogen-bond donors (Lipinski definition) is 1. The zero-order valence-electron chi connectivity index (χ0n) is 9.37. The topological polar surface area (TPSA) is 46.5 Å². The maximum absolute atomic E-state index is 12.9. The van der Waals surface area contributed by atoms with Crippen molar-refractivity contribution in [3.8, 4) is 5.75 Å². The second kappa shape index (κ2) is 5.49. The Kier molecular flexibility index (Phi) is 4.28. The van der Waals surface area contributed by atoms with Gasteiger partial charge in [0.05, 0.1) is 13.5 Å². The zero-order valence-corrected chi connectivity index (χ0v) is 9.37. The van der Waals surface area contributed by atoms with Crippen molar-refractivity contribution < 1.29 is 19.0 Å². The van der Waals surface area contributed by atoms with Crippen LogP contribution in [-0.4, -0.2) is 18.2 Å². The minimum Gasteiger partial charge on any atom is -0.505 e. The lowest BCUT2D eigenvalue weighted by Crippen LogP contribution is -2.08. The largest absolute Gasteiger partial charge is 0.505 e. The van der Waals surface area contributed by atoms with Crippen LogP contribution in [0.4, 0.5) is 4.39 Å². The number of ether oxygens (including phenoxy) is 1. The van der Waals surface area contributed by atoms with Gasteiger partial charge < -0.3 is 9.84 Å². The zero-order chi connectivity index (χ0) is 12.1. The average Bonchev–Trinajstić information content (AvgIpc) is 2.29. The Labute approximate surface area is 93.9 Å². The molecule has 0 aliphatic heterocycles. The van der Waals surface area contributed by atoms with Gasteiger partial charge in [0.25, 0.3) is 0 Å². The molecule has 0 aromatic heterocycles. The van der Waals surface area contributed by atoms with Crippen molar-refractivity contribution in [3.63, 3.8) is 0 Å². The highest BCUT2D eigenvalue weighted by atomic mass is 19.1. The summed E-state index contributed by atoms with van der Waals surface area (Å²) in [4.78, 5) is 11.1. The third-order valence-corrected chi connectivity index (χ3v) is 2.58. The van der Waals surface area contributed by atoms with Crippen molar-refractivity contribution >= 4 is 5.97 Å². The van der Waals surface area contributed by atoms with Crippen LogP contribution in [0.5, 0.6) is 5.75 Å². The van der Waals surface area contributed by atoms with Crippen LogP contribution in [0.1, 0.15) is 31.2 Å². The van der Waals surface area contributed by atoms with Gasteiger partial charge in [-0.15, -0.1) is 0 Å². The van der Waals surface area contributed by atoms with Crippen LogP contribution in [0.25, 0.3) is 0 Å². The summed E-state index contributed by atoms with van der Waals surface area (Å²) in [5.74, 6) is -1.41. The van der Waals surface area contributed by atoms with E-state index in [4.69, 9.17) is 0 Å². The average molecular weight is 226 g/mol. The van der Waals surface area contributed by atoms with Crippen molar-refractivity contribution in [1.82, 2.24) is 0 Å². The molecule has 1 N–H and O–H groups in total. The highest BCUT2D eigenvalue weighted by Gasteiger charge is 2.16. The summed E-state index contributed by atoms with van der Waals surface area (Å²) >= 11 is 0. The number of phenolic OH excluding ortho intramolecular Hbond substituents is 1. The molecule has 1 aromatic rings. The Hall–Kier alpha value is -1.58. The van der Waals surface area contributed by atoms with Gasteiger partial charge in [-0.3, -0.25) is 4.79 Å². The number of methoxy groups -OCH3 is 1. The number of rotatable bonds is 4. The highest BCUT2D eigenvalue weighted by molar-refractivity contribution is 5.70. The molecule has 4 heteroatoms. The van der Waals surface area contributed by atoms with Crippen molar-refractivity contribution in [1.29, 1.82) is 0 Å². The molecule has 1 atom stereocenters. The van der Waals surface area contributed by atoms with Crippen LogP contribution in [0, 0.1) is 5.82 Å². The standard InChI is InChI=1S/C12H15FO3/c1-3-8(7-12(15)16-2)9-4-5-10(13)11(14)6-9/h4-6,8,14H,3,7H2,1-2H3/t8-/m1/s1. The van der Waals surface area contributed by atoms with E-state index in [0.717, 1.165) is 12.0 Å². The number of halogens is 1. The maximum Gasteiger partial charge on any atom is 0.306 e. The fraction of sp³-hybridized carbons (Fsp3) is 0.417. The second-order valence-corrected chi connectivity index (χ2v) is 3.60. The fourth-order valence-corrected chi connectivity index (χ4v) is 1.57. The number of benzene rings is 1. The van der Waals surface area contributed by atoms with E-state index >= 15 is 0 Å². The number of esters is 1. The first kappa shape index (κ1) is 12.5. The minimum absolute atomic E-state index is 0.0565. The number of carbonyl (C=O) groups excluding carboxylic acids is 1. The smallest absolute Gasteiger partial charge is 0.306 e. The molecule has 0 radical (unpaired) electrons. The second-order valence-electron chi connectivity index (χ2n) is 3.60. The maximum atomic E-state index is 12.9. The summed E-state index contributed by atoms with van der Waals surface area (Å²) in [5.41, 5.74) is 0.742. The normalized spacial score (nSPS) is 12.2. The van der Waals surface area contributed by atoms with Crippen LogP contribution < -0.4 is 0 Å². The predicted molar refractivity (Wildman–Crippen MR) is 57.7 cm³/mol. The van der Waals surface area contributed by atoms with Gasteiger partial charge in [-0.1, -0.05) is 13.0 Å². The molecule has 3 nitrogen and oxygen atoms in total. The highest BCUT2D eigenvalue weighted by Crippen LogP contribution is 2.27. The first-order valence-corrected chi connectivity index (χ1v) is 5.13. The van der Waals surface area contributed by atoms with Gasteiger partial charge in [0.15, 0.2) is 11.6 Å². The SMILES string of the molecule is CC[C@H](CC(=O)OC)c1ccc(F)c(O)c1. The molecule has 88 valence electrons. The Morgan fingerprint density at radius 1 is 1.56 bits per heavy atom. The molecule has 0 heterocycles. The quantitative estimate of drug-likeness (QED) is 0.802. The van der Waals surface area contributed by atoms with E-state index in [1.807, 2.05) is 6.92 Å². The van der Waals surface area contributed by atoms with Crippen molar-refractivity contribution in [2.24, 2.45) is 0 Å². The first-order chi connectivity index (χ1) is 7.58. The molecule has 0 aliphatic rings. The van der Waals surface area contributed by atoms with E-state index in [-0.39, 0.29) is 24.1 Å². The Bertz CT molecular complexity index is 377. The fourth-order valence-electron chi connectivity index (χ4n) is 1.57. The van der Waals surface area contributed by atoms with Crippen LogP contribution in [-0.2, 0) is 9.53 Å². The number of aromatic hydroxyl groups is 1. The number of phenols is 1. The van der Waals surface area contributed by atoms with Crippen molar-refractivity contribution in [3.05, 3.63) is 29.6 Å². The van der Waals surface area contributed by atoms with E-state index < -0.39 is 5.82 Å². The van der Waals surface area contributed by atoms with E-state index in [1.165, 1.54) is 19.2 Å². The van der Waals surface area contributed by atoms with E-state index in [9.17, 15) is 14.3 Å². The monoisotopic (exact) mass is 226 g/mol. The summed E-state index contributed by atoms with van der Waals surface area (Å²) in [7, 11) is 1.33. The summed E-state index contributed by atoms with van der Waals surface area (Å²) in [6.07, 6.45) is 0.957. The van der Waals surface area contributed by atoms with Crippen LogP contribution in [0.3, 0.4) is 0 Å². The van der Waals surface area contributed by atoms with Gasteiger partial charge in [0.2, 0.25) is 0 Å². The van der Waals surface area contributed by atoms with Gasteiger partial charge in [-0.2, -0.15) is 0 Å². The Morgan fingerprint density at radius 2 is 2.25 bits per heavy atom. The minimum atomic E-state index is -0.656. The van der Waals surface area contributed by atoms with E-state index in [1.54, 1.807) is 6.07 Å². The molecule has 16 heavy (non-hydrogen) atoms. The Morgan fingerprint density at radius 3 is 2.75 bits per heavy atom. The van der Waals surface area contributed by atoms with E-state index in [2.05, 4.69) is 4.74 Å². The number of carbonyl (C=O) groups is 1. The molecule has 0 fully saturated rings. The lowest BCUT2D eigenvalue weighted by Gasteiger charge is -2.14. The van der Waals surface area contributed by atoms with Crippen LogP contribution >= 0.6 is 0 Å². The third kappa shape index (κ3) is 2.95. The van der Waals surface area contributed by atoms with Gasteiger partial charge in [0.1, 0.15) is 0 Å². The molecule has 0 aliphatic carbocycles. The van der Waals surface area contributed by atoms with Crippen LogP contribution in [0.15, 0.2) is 18.2 Å². The Balaban J connectivity index is 2.86. The number of hydrogen-bond acceptors (Lipinski definition) is 3. The van der Waals surface area contributed by atoms with Crippen LogP contribution in [0.2, 0.25) is 0 Å². The molecule has 0 amide bonds. The summed E-state index contributed by atoms with van der Waals surface area (Å²) in [5, 5.41) is 9.24. The summed E-state index contributed by atoms with van der Waals surface area (Å²) < 4.78 is 17.4. The molecule has 1 rings (SSSR count). The summed E-state index contributed by atoms with van der Waals surface area (Å²) in [6.45, 7) is 1.92. The molecule has 0 saturated heterocycles. The molecule has 0 spiro atoms. The third-order valence-electron chi connectivity index (χ3n) is 2.58. The first-order valence-electron chi connectivity index (χ1n) is 5.13. The molecule has 1 aromatic carbocycles. The molecular formula is C12H15FO3. The van der Waals surface area contributed by atoms with Gasteiger partial charge >= 0.3 is 5.97 Å². The van der Waals surface area contributed by atoms with E-state index in [0.29, 0.717) is 0 Å². The molecule has 0 bridgehead atoms. The predicted octanol–water partition coefficient (Wildman–Crippen LogP) is 2.59. The molecular weight excluding hydrogens is 211 g/mol. The lowest BCUT2D eigenvalue weighted by atomic mass is 9.93.